The van der Waals surface area contributed by atoms with Gasteiger partial charge in [-0.05, 0) is 50.1 Å². The lowest BCUT2D eigenvalue weighted by atomic mass is 10.0. The minimum Gasteiger partial charge on any atom is -0.309 e. The molecule has 106 valence electrons. The van der Waals surface area contributed by atoms with E-state index in [0.29, 0.717) is 11.6 Å². The van der Waals surface area contributed by atoms with Gasteiger partial charge in [0.25, 0.3) is 0 Å². The molecule has 0 spiro atoms. The Kier molecular flexibility index (Phi) is 3.65. The highest BCUT2D eigenvalue weighted by molar-refractivity contribution is 9.10. The molecule has 20 heavy (non-hydrogen) atoms. The van der Waals surface area contributed by atoms with E-state index in [2.05, 4.69) is 26.3 Å². The molecule has 1 aliphatic rings. The number of hydrogen-bond donors (Lipinski definition) is 1. The number of nitrogens with zero attached hydrogens (tertiary/aromatic N) is 2. The van der Waals surface area contributed by atoms with E-state index in [-0.39, 0.29) is 5.82 Å². The van der Waals surface area contributed by atoms with Crippen molar-refractivity contribution in [1.29, 1.82) is 0 Å². The van der Waals surface area contributed by atoms with E-state index in [9.17, 15) is 4.39 Å². The van der Waals surface area contributed by atoms with Crippen molar-refractivity contribution in [1.82, 2.24) is 15.1 Å². The Morgan fingerprint density at radius 3 is 2.95 bits per heavy atom. The minimum atomic E-state index is -0.236. The average molecular weight is 338 g/mol. The van der Waals surface area contributed by atoms with Crippen LogP contribution in [0.5, 0.6) is 0 Å². The van der Waals surface area contributed by atoms with E-state index in [0.717, 1.165) is 34.4 Å². The predicted molar refractivity (Wildman–Crippen MR) is 81.0 cm³/mol. The molecule has 0 radical (unpaired) electrons. The zero-order chi connectivity index (χ0) is 14.3. The highest BCUT2D eigenvalue weighted by Gasteiger charge is 2.25. The molecule has 0 amide bonds. The van der Waals surface area contributed by atoms with Crippen LogP contribution in [-0.4, -0.2) is 16.3 Å². The summed E-state index contributed by atoms with van der Waals surface area (Å²) in [5.74, 6) is -0.236. The minimum absolute atomic E-state index is 0.236. The van der Waals surface area contributed by atoms with Gasteiger partial charge in [0.05, 0.1) is 11.4 Å². The summed E-state index contributed by atoms with van der Waals surface area (Å²) in [4.78, 5) is 0. The second-order valence-corrected chi connectivity index (χ2v) is 6.17. The molecular formula is C15H17BrFN3. The summed E-state index contributed by atoms with van der Waals surface area (Å²) in [5.41, 5.74) is 3.51. The Morgan fingerprint density at radius 1 is 1.45 bits per heavy atom. The SMILES string of the molecule is Cc1c(-c2cc(Br)ccc2F)nn(C)c1C1CCCN1. The standard InChI is InChI=1S/C15H17BrFN3/c1-9-14(11-8-10(16)5-6-12(11)17)19-20(2)15(9)13-4-3-7-18-13/h5-6,8,13,18H,3-4,7H2,1-2H3. The van der Waals surface area contributed by atoms with Crippen LogP contribution in [0, 0.1) is 12.7 Å². The first-order chi connectivity index (χ1) is 9.58. The van der Waals surface area contributed by atoms with E-state index < -0.39 is 0 Å². The summed E-state index contributed by atoms with van der Waals surface area (Å²) in [6.45, 7) is 3.06. The molecule has 1 N–H and O–H groups in total. The quantitative estimate of drug-likeness (QED) is 0.904. The number of aromatic nitrogens is 2. The van der Waals surface area contributed by atoms with Crippen LogP contribution in [0.1, 0.15) is 30.1 Å². The Hall–Kier alpha value is -1.20. The zero-order valence-corrected chi connectivity index (χ0v) is 13.2. The lowest BCUT2D eigenvalue weighted by molar-refractivity contribution is 0.571. The van der Waals surface area contributed by atoms with Crippen LogP contribution in [-0.2, 0) is 7.05 Å². The molecule has 1 fully saturated rings. The van der Waals surface area contributed by atoms with Crippen LogP contribution in [0.4, 0.5) is 4.39 Å². The van der Waals surface area contributed by atoms with E-state index in [1.165, 1.54) is 12.5 Å². The van der Waals surface area contributed by atoms with Crippen LogP contribution >= 0.6 is 15.9 Å². The van der Waals surface area contributed by atoms with Crippen molar-refractivity contribution in [3.63, 3.8) is 0 Å². The number of rotatable bonds is 2. The van der Waals surface area contributed by atoms with Crippen molar-refractivity contribution < 1.29 is 4.39 Å². The fraction of sp³-hybridized carbons (Fsp3) is 0.400. The number of hydrogen-bond acceptors (Lipinski definition) is 2. The monoisotopic (exact) mass is 337 g/mol. The molecular weight excluding hydrogens is 321 g/mol. The molecule has 0 aliphatic carbocycles. The maximum atomic E-state index is 14.1. The molecule has 1 aliphatic heterocycles. The van der Waals surface area contributed by atoms with Gasteiger partial charge in [0.15, 0.2) is 0 Å². The van der Waals surface area contributed by atoms with Gasteiger partial charge in [0, 0.05) is 23.1 Å². The van der Waals surface area contributed by atoms with Gasteiger partial charge in [0.2, 0.25) is 0 Å². The highest BCUT2D eigenvalue weighted by Crippen LogP contribution is 2.33. The van der Waals surface area contributed by atoms with Gasteiger partial charge >= 0.3 is 0 Å². The lowest BCUT2D eigenvalue weighted by Gasteiger charge is -2.12. The predicted octanol–water partition coefficient (Wildman–Crippen LogP) is 3.72. The third-order valence-electron chi connectivity index (χ3n) is 3.91. The molecule has 0 bridgehead atoms. The Labute approximate surface area is 126 Å². The van der Waals surface area contributed by atoms with Gasteiger partial charge < -0.3 is 5.32 Å². The normalized spacial score (nSPS) is 18.7. The number of nitrogens with one attached hydrogen (secondary N) is 1. The second-order valence-electron chi connectivity index (χ2n) is 5.26. The van der Waals surface area contributed by atoms with E-state index in [4.69, 9.17) is 0 Å². The lowest BCUT2D eigenvalue weighted by Crippen LogP contribution is -2.17. The smallest absolute Gasteiger partial charge is 0.132 e. The molecule has 3 nitrogen and oxygen atoms in total. The Morgan fingerprint density at radius 2 is 2.25 bits per heavy atom. The molecule has 0 saturated carbocycles. The molecule has 1 aromatic carbocycles. The zero-order valence-electron chi connectivity index (χ0n) is 11.6. The van der Waals surface area contributed by atoms with Gasteiger partial charge in [-0.15, -0.1) is 0 Å². The third-order valence-corrected chi connectivity index (χ3v) is 4.41. The average Bonchev–Trinajstić information content (AvgIpc) is 3.01. The fourth-order valence-corrected chi connectivity index (χ4v) is 3.34. The van der Waals surface area contributed by atoms with Crippen LogP contribution in [0.25, 0.3) is 11.3 Å². The van der Waals surface area contributed by atoms with Gasteiger partial charge in [-0.1, -0.05) is 15.9 Å². The summed E-state index contributed by atoms with van der Waals surface area (Å²) < 4.78 is 16.8. The topological polar surface area (TPSA) is 29.9 Å². The van der Waals surface area contributed by atoms with Crippen LogP contribution < -0.4 is 5.32 Å². The molecule has 1 aromatic heterocycles. The molecule has 2 heterocycles. The number of halogens is 2. The van der Waals surface area contributed by atoms with Crippen molar-refractivity contribution >= 4 is 15.9 Å². The summed E-state index contributed by atoms with van der Waals surface area (Å²) in [6, 6.07) is 5.30. The van der Waals surface area contributed by atoms with Crippen LogP contribution in [0.15, 0.2) is 22.7 Å². The highest BCUT2D eigenvalue weighted by atomic mass is 79.9. The van der Waals surface area contributed by atoms with Crippen molar-refractivity contribution in [2.75, 3.05) is 6.54 Å². The second kappa shape index (κ2) is 5.30. The van der Waals surface area contributed by atoms with Gasteiger partial charge in [-0.25, -0.2) is 4.39 Å². The molecule has 2 aromatic rings. The van der Waals surface area contributed by atoms with Crippen molar-refractivity contribution in [3.8, 4) is 11.3 Å². The van der Waals surface area contributed by atoms with Crippen molar-refractivity contribution in [2.24, 2.45) is 7.05 Å². The first kappa shape index (κ1) is 13.8. The maximum Gasteiger partial charge on any atom is 0.132 e. The van der Waals surface area contributed by atoms with E-state index in [1.54, 1.807) is 12.1 Å². The Bertz CT molecular complexity index is 645. The molecule has 1 unspecified atom stereocenters. The fourth-order valence-electron chi connectivity index (χ4n) is 2.98. The van der Waals surface area contributed by atoms with Crippen molar-refractivity contribution in [3.05, 3.63) is 39.7 Å². The van der Waals surface area contributed by atoms with Gasteiger partial charge in [0.1, 0.15) is 5.82 Å². The largest absolute Gasteiger partial charge is 0.309 e. The third kappa shape index (κ3) is 2.29. The number of aryl methyl sites for hydroxylation is 1. The van der Waals surface area contributed by atoms with E-state index >= 15 is 0 Å². The molecule has 1 saturated heterocycles. The molecule has 1 atom stereocenters. The van der Waals surface area contributed by atoms with Crippen LogP contribution in [0.3, 0.4) is 0 Å². The molecule has 5 heteroatoms. The van der Waals surface area contributed by atoms with Crippen LogP contribution in [0.2, 0.25) is 0 Å². The van der Waals surface area contributed by atoms with Gasteiger partial charge in [-0.3, -0.25) is 4.68 Å². The first-order valence-electron chi connectivity index (χ1n) is 6.80. The maximum absolute atomic E-state index is 14.1. The summed E-state index contributed by atoms with van der Waals surface area (Å²) in [7, 11) is 1.93. The summed E-state index contributed by atoms with van der Waals surface area (Å²) >= 11 is 3.40. The summed E-state index contributed by atoms with van der Waals surface area (Å²) in [6.07, 6.45) is 2.29. The first-order valence-corrected chi connectivity index (χ1v) is 7.59. The van der Waals surface area contributed by atoms with Gasteiger partial charge in [-0.2, -0.15) is 5.10 Å². The van der Waals surface area contributed by atoms with E-state index in [1.807, 2.05) is 18.7 Å². The molecule has 3 rings (SSSR count). The van der Waals surface area contributed by atoms with Crippen molar-refractivity contribution in [2.45, 2.75) is 25.8 Å². The summed E-state index contributed by atoms with van der Waals surface area (Å²) in [5, 5.41) is 8.02. The number of benzene rings is 1. The Balaban J connectivity index is 2.11.